The highest BCUT2D eigenvalue weighted by molar-refractivity contribution is 5.69. The molecular weight excluding hydrogens is 382 g/mol. The second-order valence-corrected chi connectivity index (χ2v) is 6.92. The lowest BCUT2D eigenvalue weighted by atomic mass is 10.1. The minimum Gasteiger partial charge on any atom is -0.493 e. The number of aromatic nitrogens is 1. The fraction of sp³-hybridized carbons (Fsp3) is 0.333. The van der Waals surface area contributed by atoms with Crippen LogP contribution >= 0.6 is 0 Å². The zero-order valence-corrected chi connectivity index (χ0v) is 17.0. The molecule has 1 aliphatic carbocycles. The average Bonchev–Trinajstić information content (AvgIpc) is 3.12. The van der Waals surface area contributed by atoms with Gasteiger partial charge in [0.1, 0.15) is 23.9 Å². The first kappa shape index (κ1) is 21.3. The van der Waals surface area contributed by atoms with E-state index in [2.05, 4.69) is 23.1 Å². The van der Waals surface area contributed by atoms with E-state index in [4.69, 9.17) is 25.4 Å². The average molecular weight is 407 g/mol. The maximum Gasteiger partial charge on any atom is 0.303 e. The van der Waals surface area contributed by atoms with Gasteiger partial charge in [-0.25, -0.2) is 4.98 Å². The minimum absolute atomic E-state index is 0.0199. The van der Waals surface area contributed by atoms with E-state index in [1.54, 1.807) is 12.1 Å². The molecule has 156 valence electrons. The van der Waals surface area contributed by atoms with E-state index in [1.165, 1.54) is 0 Å². The van der Waals surface area contributed by atoms with Crippen molar-refractivity contribution < 1.29 is 23.8 Å². The zero-order chi connectivity index (χ0) is 21.3. The van der Waals surface area contributed by atoms with Crippen LogP contribution in [0.4, 0.5) is 0 Å². The maximum absolute atomic E-state index is 10.9. The molecule has 0 amide bonds. The second kappa shape index (κ2) is 10.4. The molecule has 3 rings (SSSR count). The Labute approximate surface area is 176 Å². The highest BCUT2D eigenvalue weighted by Gasteiger charge is 2.14. The number of ether oxygens (including phenoxy) is 2. The van der Waals surface area contributed by atoms with Crippen LogP contribution in [0.15, 0.2) is 40.8 Å². The van der Waals surface area contributed by atoms with Crippen LogP contribution in [0.25, 0.3) is 5.57 Å². The summed E-state index contributed by atoms with van der Waals surface area (Å²) < 4.78 is 17.2. The van der Waals surface area contributed by atoms with Crippen molar-refractivity contribution in [3.63, 3.8) is 0 Å². The van der Waals surface area contributed by atoms with Crippen LogP contribution in [-0.4, -0.2) is 29.3 Å². The van der Waals surface area contributed by atoms with E-state index in [0.717, 1.165) is 35.4 Å². The molecule has 6 nitrogen and oxygen atoms in total. The van der Waals surface area contributed by atoms with Crippen molar-refractivity contribution in [2.75, 3.05) is 13.2 Å². The highest BCUT2D eigenvalue weighted by atomic mass is 16.5. The van der Waals surface area contributed by atoms with Gasteiger partial charge in [0, 0.05) is 24.5 Å². The number of allylic oxidation sites excluding steroid dienone is 4. The Kier molecular flexibility index (Phi) is 7.34. The quantitative estimate of drug-likeness (QED) is 0.589. The Morgan fingerprint density at radius 1 is 1.30 bits per heavy atom. The van der Waals surface area contributed by atoms with Gasteiger partial charge in [-0.3, -0.25) is 4.79 Å². The van der Waals surface area contributed by atoms with Crippen molar-refractivity contribution in [2.45, 2.75) is 39.0 Å². The largest absolute Gasteiger partial charge is 0.493 e. The molecule has 1 aliphatic rings. The molecule has 0 fully saturated rings. The topological polar surface area (TPSA) is 81.8 Å². The van der Waals surface area contributed by atoms with E-state index in [9.17, 15) is 4.79 Å². The van der Waals surface area contributed by atoms with Gasteiger partial charge in [0.25, 0.3) is 0 Å². The van der Waals surface area contributed by atoms with Crippen LogP contribution in [0.3, 0.4) is 0 Å². The predicted octanol–water partition coefficient (Wildman–Crippen LogP) is 4.37. The SMILES string of the molecule is C#CCOc1cc(OCCc2nc(C3=CCCC=C3)oc2C)ccc1CCC(=O)O. The molecule has 0 spiro atoms. The Morgan fingerprint density at radius 2 is 2.17 bits per heavy atom. The summed E-state index contributed by atoms with van der Waals surface area (Å²) in [5, 5.41) is 8.91. The third-order valence-electron chi connectivity index (χ3n) is 4.70. The van der Waals surface area contributed by atoms with Crippen molar-refractivity contribution >= 4 is 11.5 Å². The van der Waals surface area contributed by atoms with Crippen molar-refractivity contribution in [3.05, 3.63) is 59.3 Å². The van der Waals surface area contributed by atoms with Crippen LogP contribution in [0.1, 0.15) is 42.2 Å². The van der Waals surface area contributed by atoms with Crippen LogP contribution in [0.2, 0.25) is 0 Å². The summed E-state index contributed by atoms with van der Waals surface area (Å²) in [6.07, 6.45) is 14.6. The van der Waals surface area contributed by atoms with Gasteiger partial charge in [0.05, 0.1) is 12.3 Å². The third kappa shape index (κ3) is 5.77. The lowest BCUT2D eigenvalue weighted by molar-refractivity contribution is -0.136. The number of carboxylic acid groups (broad SMARTS) is 1. The molecule has 30 heavy (non-hydrogen) atoms. The number of hydrogen-bond acceptors (Lipinski definition) is 5. The molecule has 0 bridgehead atoms. The molecule has 1 aromatic heterocycles. The maximum atomic E-state index is 10.9. The molecule has 2 aromatic rings. The minimum atomic E-state index is -0.861. The molecule has 0 radical (unpaired) electrons. The van der Waals surface area contributed by atoms with E-state index >= 15 is 0 Å². The Bertz CT molecular complexity index is 994. The Balaban J connectivity index is 1.62. The predicted molar refractivity (Wildman–Crippen MR) is 114 cm³/mol. The Morgan fingerprint density at radius 3 is 2.90 bits per heavy atom. The lowest BCUT2D eigenvalue weighted by Crippen LogP contribution is -2.05. The fourth-order valence-corrected chi connectivity index (χ4v) is 3.15. The molecule has 1 heterocycles. The van der Waals surface area contributed by atoms with Gasteiger partial charge in [-0.1, -0.05) is 30.2 Å². The van der Waals surface area contributed by atoms with E-state index < -0.39 is 5.97 Å². The van der Waals surface area contributed by atoms with E-state index in [1.807, 2.05) is 19.1 Å². The van der Waals surface area contributed by atoms with Gasteiger partial charge in [-0.2, -0.15) is 0 Å². The van der Waals surface area contributed by atoms with Gasteiger partial charge in [-0.15, -0.1) is 6.42 Å². The number of rotatable bonds is 10. The number of nitrogens with zero attached hydrogens (tertiary/aromatic N) is 1. The molecule has 0 saturated heterocycles. The Hall–Kier alpha value is -3.46. The molecular formula is C24H25NO5. The zero-order valence-electron chi connectivity index (χ0n) is 17.0. The van der Waals surface area contributed by atoms with Gasteiger partial charge >= 0.3 is 5.97 Å². The number of benzene rings is 1. The number of carbonyl (C=O) groups is 1. The first-order valence-corrected chi connectivity index (χ1v) is 9.94. The summed E-state index contributed by atoms with van der Waals surface area (Å²) in [6.45, 7) is 2.43. The molecule has 1 aromatic carbocycles. The molecule has 0 aliphatic heterocycles. The van der Waals surface area contributed by atoms with Crippen molar-refractivity contribution in [2.24, 2.45) is 0 Å². The number of oxazole rings is 1. The number of hydrogen-bond donors (Lipinski definition) is 1. The molecule has 0 saturated carbocycles. The van der Waals surface area contributed by atoms with E-state index in [0.29, 0.717) is 36.8 Å². The van der Waals surface area contributed by atoms with Gasteiger partial charge in [0.15, 0.2) is 0 Å². The third-order valence-corrected chi connectivity index (χ3v) is 4.70. The van der Waals surface area contributed by atoms with Gasteiger partial charge < -0.3 is 19.0 Å². The molecule has 0 unspecified atom stereocenters. The lowest BCUT2D eigenvalue weighted by Gasteiger charge is -2.12. The summed E-state index contributed by atoms with van der Waals surface area (Å²) in [7, 11) is 0. The summed E-state index contributed by atoms with van der Waals surface area (Å²) in [5.74, 6) is 4.16. The molecule has 0 atom stereocenters. The monoisotopic (exact) mass is 407 g/mol. The first-order valence-electron chi connectivity index (χ1n) is 9.94. The first-order chi connectivity index (χ1) is 14.6. The summed E-state index contributed by atoms with van der Waals surface area (Å²) in [5.41, 5.74) is 2.67. The van der Waals surface area contributed by atoms with Crippen molar-refractivity contribution in [1.82, 2.24) is 4.98 Å². The fourth-order valence-electron chi connectivity index (χ4n) is 3.15. The standard InChI is InChI=1S/C24H25NO5/c1-3-14-29-22-16-20(11-9-18(22)10-12-23(26)27)28-15-13-21-17(2)30-24(25-21)19-7-5-4-6-8-19/h1,5,7-9,11,16H,4,6,10,12-15H2,2H3,(H,26,27). The number of aliphatic carboxylic acids is 1. The van der Waals surface area contributed by atoms with Crippen molar-refractivity contribution in [3.8, 4) is 23.8 Å². The van der Waals surface area contributed by atoms with Crippen molar-refractivity contribution in [1.29, 1.82) is 0 Å². The number of aryl methyl sites for hydroxylation is 2. The highest BCUT2D eigenvalue weighted by Crippen LogP contribution is 2.27. The van der Waals surface area contributed by atoms with Crippen LogP contribution in [0, 0.1) is 19.3 Å². The van der Waals surface area contributed by atoms with Crippen LogP contribution in [-0.2, 0) is 17.6 Å². The molecule has 1 N–H and O–H groups in total. The number of terminal acetylenes is 1. The molecule has 6 heteroatoms. The summed E-state index contributed by atoms with van der Waals surface area (Å²) >= 11 is 0. The van der Waals surface area contributed by atoms with Gasteiger partial charge in [0.2, 0.25) is 5.89 Å². The summed E-state index contributed by atoms with van der Waals surface area (Å²) in [6, 6.07) is 5.36. The second-order valence-electron chi connectivity index (χ2n) is 6.92. The van der Waals surface area contributed by atoms with Crippen LogP contribution < -0.4 is 9.47 Å². The van der Waals surface area contributed by atoms with E-state index in [-0.39, 0.29) is 13.0 Å². The summed E-state index contributed by atoms with van der Waals surface area (Å²) in [4.78, 5) is 15.5. The smallest absolute Gasteiger partial charge is 0.303 e. The van der Waals surface area contributed by atoms with Crippen LogP contribution in [0.5, 0.6) is 11.5 Å². The van der Waals surface area contributed by atoms with Gasteiger partial charge in [-0.05, 0) is 37.8 Å². The number of carboxylic acids is 1. The normalized spacial score (nSPS) is 12.9.